The number of rotatable bonds is 3. The lowest BCUT2D eigenvalue weighted by Crippen LogP contribution is -2.36. The van der Waals surface area contributed by atoms with Gasteiger partial charge in [-0.25, -0.2) is 4.98 Å². The van der Waals surface area contributed by atoms with E-state index in [0.717, 1.165) is 42.9 Å². The largest absolute Gasteiger partial charge is 0.416 e. The van der Waals surface area contributed by atoms with Gasteiger partial charge < -0.3 is 10.2 Å². The molecule has 1 aromatic heterocycles. The van der Waals surface area contributed by atoms with Gasteiger partial charge in [0.15, 0.2) is 0 Å². The summed E-state index contributed by atoms with van der Waals surface area (Å²) in [5.41, 5.74) is 0.562. The van der Waals surface area contributed by atoms with E-state index in [2.05, 4.69) is 26.3 Å². The molecule has 4 rings (SSSR count). The highest BCUT2D eigenvalue weighted by atomic mass is 19.4. The molecule has 1 fully saturated rings. The summed E-state index contributed by atoms with van der Waals surface area (Å²) in [6.07, 6.45) is 6.18. The molecule has 1 aliphatic heterocycles. The first-order chi connectivity index (χ1) is 12.5. The summed E-state index contributed by atoms with van der Waals surface area (Å²) in [5.74, 6) is 1.16. The molecular weight excluding hydrogens is 341 g/mol. The zero-order valence-electron chi connectivity index (χ0n) is 14.1. The third-order valence-corrected chi connectivity index (χ3v) is 4.88. The Bertz CT molecular complexity index is 826. The molecular formula is C19H19F3N4. The van der Waals surface area contributed by atoms with Crippen LogP contribution in [0, 0.1) is 0 Å². The van der Waals surface area contributed by atoms with Crippen molar-refractivity contribution in [3.63, 3.8) is 0 Å². The minimum Gasteiger partial charge on any atom is -0.349 e. The number of halogens is 3. The van der Waals surface area contributed by atoms with Crippen LogP contribution in [-0.2, 0) is 6.18 Å². The normalized spacial score (nSPS) is 17.4. The van der Waals surface area contributed by atoms with E-state index in [1.807, 2.05) is 6.08 Å². The molecule has 1 N–H and O–H groups in total. The van der Waals surface area contributed by atoms with Gasteiger partial charge in [0.1, 0.15) is 5.82 Å². The number of nitrogens with zero attached hydrogens (tertiary/aromatic N) is 3. The van der Waals surface area contributed by atoms with Crippen LogP contribution in [-0.4, -0.2) is 22.6 Å². The molecule has 136 valence electrons. The van der Waals surface area contributed by atoms with Crippen LogP contribution in [0.25, 0.3) is 6.08 Å². The smallest absolute Gasteiger partial charge is 0.349 e. The molecule has 1 aromatic carbocycles. The molecule has 0 unspecified atom stereocenters. The van der Waals surface area contributed by atoms with Crippen LogP contribution in [0.4, 0.5) is 30.6 Å². The van der Waals surface area contributed by atoms with Gasteiger partial charge in [-0.2, -0.15) is 18.2 Å². The van der Waals surface area contributed by atoms with Crippen molar-refractivity contribution in [2.75, 3.05) is 16.8 Å². The van der Waals surface area contributed by atoms with Crippen molar-refractivity contribution < 1.29 is 13.2 Å². The van der Waals surface area contributed by atoms with Crippen LogP contribution in [0.3, 0.4) is 0 Å². The quantitative estimate of drug-likeness (QED) is 0.835. The molecule has 1 saturated carbocycles. The van der Waals surface area contributed by atoms with Crippen molar-refractivity contribution in [2.45, 2.75) is 37.9 Å². The number of hydrogen-bond acceptors (Lipinski definition) is 4. The van der Waals surface area contributed by atoms with E-state index < -0.39 is 11.7 Å². The highest BCUT2D eigenvalue weighted by Gasteiger charge is 2.30. The Labute approximate surface area is 149 Å². The van der Waals surface area contributed by atoms with Gasteiger partial charge in [-0.15, -0.1) is 0 Å². The Morgan fingerprint density at radius 2 is 1.96 bits per heavy atom. The Kier molecular flexibility index (Phi) is 4.30. The van der Waals surface area contributed by atoms with Gasteiger partial charge in [0.25, 0.3) is 0 Å². The van der Waals surface area contributed by atoms with Gasteiger partial charge >= 0.3 is 6.18 Å². The molecule has 0 atom stereocenters. The lowest BCUT2D eigenvalue weighted by molar-refractivity contribution is -0.137. The fourth-order valence-corrected chi connectivity index (χ4v) is 3.61. The van der Waals surface area contributed by atoms with E-state index in [1.54, 1.807) is 12.3 Å². The number of alkyl halides is 3. The van der Waals surface area contributed by atoms with Crippen LogP contribution < -0.4 is 10.2 Å². The summed E-state index contributed by atoms with van der Waals surface area (Å²) in [5, 5.41) is 2.90. The molecule has 1 aliphatic carbocycles. The number of fused-ring (bicyclic) bond motifs is 1. The van der Waals surface area contributed by atoms with E-state index >= 15 is 0 Å². The third kappa shape index (κ3) is 3.38. The Hall–Kier alpha value is -2.57. The lowest BCUT2D eigenvalue weighted by Gasteiger charge is -2.32. The highest BCUT2D eigenvalue weighted by Crippen LogP contribution is 2.34. The van der Waals surface area contributed by atoms with Crippen LogP contribution in [0.1, 0.15) is 36.8 Å². The average molecular weight is 360 g/mol. The van der Waals surface area contributed by atoms with Crippen LogP contribution in [0.15, 0.2) is 36.5 Å². The zero-order chi connectivity index (χ0) is 18.1. The van der Waals surface area contributed by atoms with Gasteiger partial charge in [-0.05, 0) is 31.0 Å². The summed E-state index contributed by atoms with van der Waals surface area (Å²) in [6.45, 7) is 0.803. The zero-order valence-corrected chi connectivity index (χ0v) is 14.1. The topological polar surface area (TPSA) is 41.1 Å². The number of aromatic nitrogens is 2. The van der Waals surface area contributed by atoms with Crippen LogP contribution >= 0.6 is 0 Å². The third-order valence-electron chi connectivity index (χ3n) is 4.88. The Morgan fingerprint density at radius 3 is 2.73 bits per heavy atom. The fourth-order valence-electron chi connectivity index (χ4n) is 3.61. The number of benzene rings is 1. The average Bonchev–Trinajstić information content (AvgIpc) is 3.15. The lowest BCUT2D eigenvalue weighted by atomic mass is 10.1. The maximum Gasteiger partial charge on any atom is 0.416 e. The van der Waals surface area contributed by atoms with Crippen molar-refractivity contribution in [3.05, 3.63) is 47.7 Å². The molecule has 0 radical (unpaired) electrons. The van der Waals surface area contributed by atoms with E-state index in [0.29, 0.717) is 17.7 Å². The standard InChI is InChI=1S/C19H19F3N4/c20-19(21,22)14-6-3-7-15(11-14)24-18-23-12-13-5-4-10-26(17(13)25-18)16-8-1-2-9-16/h3-7,11-12,16H,1-2,8-10H2,(H,23,24,25). The van der Waals surface area contributed by atoms with Crippen LogP contribution in [0.2, 0.25) is 0 Å². The van der Waals surface area contributed by atoms with E-state index in [4.69, 9.17) is 0 Å². The van der Waals surface area contributed by atoms with Crippen molar-refractivity contribution in [1.82, 2.24) is 9.97 Å². The molecule has 7 heteroatoms. The summed E-state index contributed by atoms with van der Waals surface area (Å²) in [6, 6.07) is 5.53. The molecule has 0 saturated heterocycles. The van der Waals surface area contributed by atoms with Gasteiger partial charge in [0, 0.05) is 30.0 Å². The van der Waals surface area contributed by atoms with E-state index in [-0.39, 0.29) is 0 Å². The van der Waals surface area contributed by atoms with E-state index in [1.165, 1.54) is 18.9 Å². The molecule has 2 aromatic rings. The molecule has 2 aliphatic rings. The predicted molar refractivity (Wildman–Crippen MR) is 95.4 cm³/mol. The monoisotopic (exact) mass is 360 g/mol. The fraction of sp³-hybridized carbons (Fsp3) is 0.368. The first-order valence-corrected chi connectivity index (χ1v) is 8.75. The Balaban J connectivity index is 1.61. The second kappa shape index (κ2) is 6.63. The summed E-state index contributed by atoms with van der Waals surface area (Å²) < 4.78 is 38.6. The van der Waals surface area contributed by atoms with Gasteiger partial charge in [0.05, 0.1) is 5.56 Å². The van der Waals surface area contributed by atoms with Gasteiger partial charge in [-0.3, -0.25) is 0 Å². The second-order valence-corrected chi connectivity index (χ2v) is 6.67. The second-order valence-electron chi connectivity index (χ2n) is 6.67. The first-order valence-electron chi connectivity index (χ1n) is 8.75. The number of hydrogen-bond donors (Lipinski definition) is 1. The van der Waals surface area contributed by atoms with E-state index in [9.17, 15) is 13.2 Å². The number of anilines is 3. The summed E-state index contributed by atoms with van der Waals surface area (Å²) in [7, 11) is 0. The molecule has 0 spiro atoms. The van der Waals surface area contributed by atoms with Crippen molar-refractivity contribution >= 4 is 23.5 Å². The maximum absolute atomic E-state index is 12.9. The SMILES string of the molecule is FC(F)(F)c1cccc(Nc2ncc3c(n2)N(C2CCCC2)CC=C3)c1. The highest BCUT2D eigenvalue weighted by molar-refractivity contribution is 5.69. The van der Waals surface area contributed by atoms with Gasteiger partial charge in [-0.1, -0.05) is 31.1 Å². The molecule has 2 heterocycles. The van der Waals surface area contributed by atoms with Crippen molar-refractivity contribution in [3.8, 4) is 0 Å². The minimum absolute atomic E-state index is 0.307. The Morgan fingerprint density at radius 1 is 1.15 bits per heavy atom. The minimum atomic E-state index is -4.38. The van der Waals surface area contributed by atoms with Gasteiger partial charge in [0.2, 0.25) is 5.95 Å². The summed E-state index contributed by atoms with van der Waals surface area (Å²) in [4.78, 5) is 11.1. The predicted octanol–water partition coefficient (Wildman–Crippen LogP) is 5.01. The molecule has 0 bridgehead atoms. The molecule has 0 amide bonds. The van der Waals surface area contributed by atoms with Crippen LogP contribution in [0.5, 0.6) is 0 Å². The first kappa shape index (κ1) is 16.9. The number of nitrogens with one attached hydrogen (secondary N) is 1. The summed E-state index contributed by atoms with van der Waals surface area (Å²) >= 11 is 0. The van der Waals surface area contributed by atoms with Crippen molar-refractivity contribution in [1.29, 1.82) is 0 Å². The maximum atomic E-state index is 12.9. The van der Waals surface area contributed by atoms with Crippen molar-refractivity contribution in [2.24, 2.45) is 0 Å². The molecule has 26 heavy (non-hydrogen) atoms. The molecule has 4 nitrogen and oxygen atoms in total.